The van der Waals surface area contributed by atoms with Crippen LogP contribution in [0, 0.1) is 5.92 Å². The maximum atomic E-state index is 6.03. The molecule has 5 heteroatoms. The van der Waals surface area contributed by atoms with Gasteiger partial charge in [0.05, 0.1) is 0 Å². The second kappa shape index (κ2) is 4.71. The number of hydrogen-bond acceptors (Lipinski definition) is 3. The van der Waals surface area contributed by atoms with Crippen molar-refractivity contribution in [3.63, 3.8) is 0 Å². The Morgan fingerprint density at radius 1 is 1.24 bits per heavy atom. The van der Waals surface area contributed by atoms with Crippen LogP contribution in [-0.4, -0.2) is 33.5 Å². The van der Waals surface area contributed by atoms with E-state index in [1.807, 2.05) is 0 Å². The molecule has 0 unspecified atom stereocenters. The zero-order valence-corrected chi connectivity index (χ0v) is 11.9. The number of halogens is 2. The molecule has 1 aromatic heterocycles. The average molecular weight is 274 g/mol. The Morgan fingerprint density at radius 3 is 2.24 bits per heavy atom. The first-order chi connectivity index (χ1) is 7.88. The van der Waals surface area contributed by atoms with Gasteiger partial charge in [-0.05, 0) is 33.1 Å². The van der Waals surface area contributed by atoms with Crippen molar-refractivity contribution in [1.82, 2.24) is 14.9 Å². The third-order valence-corrected chi connectivity index (χ3v) is 3.89. The highest BCUT2D eigenvalue weighted by atomic mass is 35.5. The molecule has 0 saturated carbocycles. The van der Waals surface area contributed by atoms with Crippen molar-refractivity contribution < 1.29 is 0 Å². The molecule has 1 aromatic rings. The van der Waals surface area contributed by atoms with Gasteiger partial charge in [0.1, 0.15) is 16.6 Å². The molecule has 1 fully saturated rings. The van der Waals surface area contributed by atoms with Crippen molar-refractivity contribution in [2.45, 2.75) is 32.7 Å². The lowest BCUT2D eigenvalue weighted by atomic mass is 9.88. The molecular formula is C12H17Cl2N3. The third-order valence-electron chi connectivity index (χ3n) is 3.24. The lowest BCUT2D eigenvalue weighted by Gasteiger charge is -2.48. The van der Waals surface area contributed by atoms with Crippen LogP contribution in [0.25, 0.3) is 0 Å². The molecule has 2 heterocycles. The fraction of sp³-hybridized carbons (Fsp3) is 0.667. The first-order valence-electron chi connectivity index (χ1n) is 5.78. The van der Waals surface area contributed by atoms with Crippen LogP contribution in [0.3, 0.4) is 0 Å². The topological polar surface area (TPSA) is 29.0 Å². The molecule has 0 radical (unpaired) electrons. The van der Waals surface area contributed by atoms with Crippen LogP contribution in [0.4, 0.5) is 0 Å². The fourth-order valence-electron chi connectivity index (χ4n) is 2.08. The molecule has 17 heavy (non-hydrogen) atoms. The average Bonchev–Trinajstić information content (AvgIpc) is 2.11. The van der Waals surface area contributed by atoms with Crippen molar-refractivity contribution in [2.24, 2.45) is 5.92 Å². The molecular weight excluding hydrogens is 257 g/mol. The molecule has 0 aromatic carbocycles. The van der Waals surface area contributed by atoms with Gasteiger partial charge < -0.3 is 0 Å². The second-order valence-electron chi connectivity index (χ2n) is 5.58. The van der Waals surface area contributed by atoms with E-state index >= 15 is 0 Å². The SMILES string of the molecule is CC(C)(C)N1CC(Cc2c(Cl)ncnc2Cl)C1. The van der Waals surface area contributed by atoms with Gasteiger partial charge in [-0.2, -0.15) is 0 Å². The molecule has 2 rings (SSSR count). The lowest BCUT2D eigenvalue weighted by molar-refractivity contribution is 0.0144. The van der Waals surface area contributed by atoms with E-state index in [1.165, 1.54) is 6.33 Å². The summed E-state index contributed by atoms with van der Waals surface area (Å²) < 4.78 is 0. The van der Waals surface area contributed by atoms with E-state index in [0.29, 0.717) is 16.2 Å². The van der Waals surface area contributed by atoms with Crippen LogP contribution in [0.5, 0.6) is 0 Å². The van der Waals surface area contributed by atoms with Crippen LogP contribution in [0.2, 0.25) is 10.3 Å². The monoisotopic (exact) mass is 273 g/mol. The van der Waals surface area contributed by atoms with E-state index in [9.17, 15) is 0 Å². The zero-order valence-electron chi connectivity index (χ0n) is 10.4. The highest BCUT2D eigenvalue weighted by Gasteiger charge is 2.34. The standard InChI is InChI=1S/C12H17Cl2N3/c1-12(2,3)17-5-8(6-17)4-9-10(13)15-7-16-11(9)14/h7-8H,4-6H2,1-3H3. The summed E-state index contributed by atoms with van der Waals surface area (Å²) in [7, 11) is 0. The van der Waals surface area contributed by atoms with E-state index in [0.717, 1.165) is 25.1 Å². The summed E-state index contributed by atoms with van der Waals surface area (Å²) in [6, 6.07) is 0. The van der Waals surface area contributed by atoms with Crippen molar-refractivity contribution in [2.75, 3.05) is 13.1 Å². The van der Waals surface area contributed by atoms with Gasteiger partial charge in [-0.25, -0.2) is 9.97 Å². The van der Waals surface area contributed by atoms with Gasteiger partial charge in [0.2, 0.25) is 0 Å². The Hall–Kier alpha value is -0.380. The van der Waals surface area contributed by atoms with E-state index < -0.39 is 0 Å². The molecule has 0 atom stereocenters. The van der Waals surface area contributed by atoms with Gasteiger partial charge in [-0.15, -0.1) is 0 Å². The normalized spacial score (nSPS) is 18.2. The van der Waals surface area contributed by atoms with Crippen LogP contribution >= 0.6 is 23.2 Å². The summed E-state index contributed by atoms with van der Waals surface area (Å²) in [4.78, 5) is 10.4. The van der Waals surface area contributed by atoms with Crippen molar-refractivity contribution in [3.8, 4) is 0 Å². The maximum Gasteiger partial charge on any atom is 0.137 e. The Bertz CT molecular complexity index is 388. The van der Waals surface area contributed by atoms with Gasteiger partial charge in [-0.3, -0.25) is 4.90 Å². The third kappa shape index (κ3) is 2.90. The zero-order chi connectivity index (χ0) is 12.6. The largest absolute Gasteiger partial charge is 0.298 e. The molecule has 1 aliphatic heterocycles. The summed E-state index contributed by atoms with van der Waals surface area (Å²) >= 11 is 12.1. The number of hydrogen-bond donors (Lipinski definition) is 0. The van der Waals surface area contributed by atoms with Crippen LogP contribution in [0.1, 0.15) is 26.3 Å². The molecule has 0 spiro atoms. The van der Waals surface area contributed by atoms with E-state index in [-0.39, 0.29) is 5.54 Å². The van der Waals surface area contributed by atoms with Gasteiger partial charge in [0, 0.05) is 24.2 Å². The maximum absolute atomic E-state index is 6.03. The van der Waals surface area contributed by atoms with E-state index in [2.05, 4.69) is 35.6 Å². The Kier molecular flexibility index (Phi) is 3.62. The van der Waals surface area contributed by atoms with Gasteiger partial charge >= 0.3 is 0 Å². The molecule has 1 aliphatic rings. The molecule has 1 saturated heterocycles. The smallest absolute Gasteiger partial charge is 0.137 e. The minimum absolute atomic E-state index is 0.247. The fourth-order valence-corrected chi connectivity index (χ4v) is 2.54. The Labute approximate surface area is 112 Å². The molecule has 94 valence electrons. The minimum Gasteiger partial charge on any atom is -0.298 e. The van der Waals surface area contributed by atoms with Crippen molar-refractivity contribution in [3.05, 3.63) is 22.2 Å². The lowest BCUT2D eigenvalue weighted by Crippen LogP contribution is -2.56. The number of likely N-dealkylation sites (tertiary alicyclic amines) is 1. The molecule has 0 amide bonds. The van der Waals surface area contributed by atoms with Crippen LogP contribution in [0.15, 0.2) is 6.33 Å². The highest BCUT2D eigenvalue weighted by molar-refractivity contribution is 6.34. The van der Waals surface area contributed by atoms with Crippen molar-refractivity contribution in [1.29, 1.82) is 0 Å². The number of rotatable bonds is 2. The highest BCUT2D eigenvalue weighted by Crippen LogP contribution is 2.30. The predicted octanol–water partition coefficient (Wildman–Crippen LogP) is 3.06. The summed E-state index contributed by atoms with van der Waals surface area (Å²) in [5.74, 6) is 0.607. The Balaban J connectivity index is 1.97. The molecule has 0 aliphatic carbocycles. The van der Waals surface area contributed by atoms with Crippen molar-refractivity contribution >= 4 is 23.2 Å². The van der Waals surface area contributed by atoms with Crippen LogP contribution < -0.4 is 0 Å². The second-order valence-corrected chi connectivity index (χ2v) is 6.30. The molecule has 0 N–H and O–H groups in total. The van der Waals surface area contributed by atoms with E-state index in [4.69, 9.17) is 23.2 Å². The Morgan fingerprint density at radius 2 is 1.76 bits per heavy atom. The summed E-state index contributed by atoms with van der Waals surface area (Å²) in [6.07, 6.45) is 2.27. The van der Waals surface area contributed by atoms with Gasteiger partial charge in [0.15, 0.2) is 0 Å². The number of nitrogens with zero attached hydrogens (tertiary/aromatic N) is 3. The quantitative estimate of drug-likeness (QED) is 0.776. The summed E-state index contributed by atoms with van der Waals surface area (Å²) in [5, 5.41) is 0.971. The van der Waals surface area contributed by atoms with E-state index in [1.54, 1.807) is 0 Å². The first kappa shape index (κ1) is 13.1. The summed E-state index contributed by atoms with van der Waals surface area (Å²) in [5.41, 5.74) is 1.13. The molecule has 0 bridgehead atoms. The van der Waals surface area contributed by atoms with Crippen LogP contribution in [-0.2, 0) is 6.42 Å². The number of aromatic nitrogens is 2. The minimum atomic E-state index is 0.247. The van der Waals surface area contributed by atoms with Gasteiger partial charge in [-0.1, -0.05) is 23.2 Å². The predicted molar refractivity (Wildman–Crippen MR) is 70.6 cm³/mol. The molecule has 3 nitrogen and oxygen atoms in total. The first-order valence-corrected chi connectivity index (χ1v) is 6.53. The summed E-state index contributed by atoms with van der Waals surface area (Å²) in [6.45, 7) is 8.87. The van der Waals surface area contributed by atoms with Gasteiger partial charge in [0.25, 0.3) is 0 Å².